The van der Waals surface area contributed by atoms with Crippen LogP contribution in [0.1, 0.15) is 101 Å². The highest BCUT2D eigenvalue weighted by Gasteiger charge is 2.86. The lowest BCUT2D eigenvalue weighted by molar-refractivity contribution is -0.142. The zero-order chi connectivity index (χ0) is 46.9. The van der Waals surface area contributed by atoms with Crippen LogP contribution in [-0.2, 0) is 23.8 Å². The van der Waals surface area contributed by atoms with Crippen LogP contribution in [0.4, 0.5) is 18.4 Å². The van der Waals surface area contributed by atoms with E-state index in [0.29, 0.717) is 54.5 Å². The van der Waals surface area contributed by atoms with Gasteiger partial charge in [-0.2, -0.15) is 0 Å². The van der Waals surface area contributed by atoms with Gasteiger partial charge in [0, 0.05) is 37.7 Å². The molecule has 5 heterocycles. The van der Waals surface area contributed by atoms with Crippen molar-refractivity contribution in [2.45, 2.75) is 119 Å². The maximum atomic E-state index is 14.6. The van der Waals surface area contributed by atoms with Gasteiger partial charge in [-0.1, -0.05) is 60.1 Å². The molecule has 5 saturated carbocycles. The molecular formula is C50H55ClF2N8O7. The number of benzene rings is 2. The summed E-state index contributed by atoms with van der Waals surface area (Å²) in [6.07, 6.45) is 6.83. The summed E-state index contributed by atoms with van der Waals surface area (Å²) in [6, 6.07) is 14.0. The monoisotopic (exact) mass is 952 g/mol. The third kappa shape index (κ3) is 6.86. The van der Waals surface area contributed by atoms with Gasteiger partial charge in [-0.3, -0.25) is 9.59 Å². The Morgan fingerprint density at radius 1 is 0.765 bits per heavy atom. The number of alkyl carbamates (subject to hydrolysis) is 2. The average Bonchev–Trinajstić information content (AvgIpc) is 4.06. The third-order valence-corrected chi connectivity index (χ3v) is 17.9. The highest BCUT2D eigenvalue weighted by molar-refractivity contribution is 6.32. The van der Waals surface area contributed by atoms with Gasteiger partial charge in [-0.15, -0.1) is 0 Å². The van der Waals surface area contributed by atoms with Crippen LogP contribution in [0.3, 0.4) is 0 Å². The van der Waals surface area contributed by atoms with Gasteiger partial charge in [0.2, 0.25) is 17.7 Å². The second-order valence-corrected chi connectivity index (χ2v) is 21.2. The van der Waals surface area contributed by atoms with Crippen LogP contribution >= 0.6 is 11.6 Å². The number of nitrogens with one attached hydrogen (secondary N) is 4. The quantitative estimate of drug-likeness (QED) is 0.115. The number of alkyl halides is 2. The first-order valence-electron chi connectivity index (χ1n) is 24.1. The van der Waals surface area contributed by atoms with Crippen molar-refractivity contribution >= 4 is 35.6 Å². The van der Waals surface area contributed by atoms with E-state index in [-0.39, 0.29) is 77.9 Å². The van der Waals surface area contributed by atoms with E-state index in [1.165, 1.54) is 14.2 Å². The van der Waals surface area contributed by atoms with Crippen molar-refractivity contribution in [1.29, 1.82) is 0 Å². The van der Waals surface area contributed by atoms with Crippen LogP contribution in [0.25, 0.3) is 33.6 Å². The average molecular weight is 953 g/mol. The van der Waals surface area contributed by atoms with E-state index in [2.05, 4.69) is 20.6 Å². The molecule has 3 saturated heterocycles. The van der Waals surface area contributed by atoms with Crippen molar-refractivity contribution in [3.05, 3.63) is 71.5 Å². The summed E-state index contributed by atoms with van der Waals surface area (Å²) in [5.41, 5.74) is 4.99. The van der Waals surface area contributed by atoms with Crippen LogP contribution in [-0.4, -0.2) is 111 Å². The number of hydrogen-bond donors (Lipinski definition) is 4. The number of halogens is 3. The molecule has 2 aromatic heterocycles. The fourth-order valence-corrected chi connectivity index (χ4v) is 13.8. The maximum absolute atomic E-state index is 14.6. The van der Waals surface area contributed by atoms with Crippen molar-refractivity contribution in [2.24, 2.45) is 28.6 Å². The molecule has 3 aliphatic heterocycles. The van der Waals surface area contributed by atoms with Gasteiger partial charge in [-0.05, 0) is 109 Å². The van der Waals surface area contributed by atoms with E-state index in [9.17, 15) is 28.0 Å². The molecule has 4 aromatic rings. The summed E-state index contributed by atoms with van der Waals surface area (Å²) in [5.74, 6) is -1.81. The largest absolute Gasteiger partial charge is 0.453 e. The van der Waals surface area contributed by atoms with Crippen LogP contribution in [0.5, 0.6) is 0 Å². The molecule has 358 valence electrons. The Morgan fingerprint density at radius 2 is 1.38 bits per heavy atom. The Balaban J connectivity index is 0.742. The lowest BCUT2D eigenvalue weighted by Gasteiger charge is -2.41. The summed E-state index contributed by atoms with van der Waals surface area (Å²) >= 11 is 6.87. The molecule has 9 atom stereocenters. The van der Waals surface area contributed by atoms with Gasteiger partial charge in [-0.25, -0.2) is 28.3 Å². The minimum absolute atomic E-state index is 0.0237. The number of amides is 4. The molecule has 0 radical (unpaired) electrons. The Labute approximate surface area is 396 Å². The summed E-state index contributed by atoms with van der Waals surface area (Å²) in [4.78, 5) is 74.6. The number of methoxy groups -OCH3 is 2. The first kappa shape index (κ1) is 43.7. The summed E-state index contributed by atoms with van der Waals surface area (Å²) in [7, 11) is 2.54. The molecular weight excluding hydrogens is 898 g/mol. The lowest BCUT2D eigenvalue weighted by atomic mass is 9.79. The number of carbonyl (C=O) groups is 4. The van der Waals surface area contributed by atoms with Crippen LogP contribution < -0.4 is 10.6 Å². The number of aromatic amines is 2. The standard InChI is InChI=1S/C50H55ClF2N8O7/c1-66-45(64)57-37(31-13-19-68-20-14-31)43(62)60-34(23-48-21-32(48)39(48)60)42-56-36(40(51)59-42)29-9-5-27(6-10-29)26-3-7-28(8-4-26)33-24-54-41(55-33)35-22-47-17-18-49(47,25-47)61(35)44(63)38(58-46(65)67-2)30-11-15-50(52,53)16-12-30/h3-10,24,30-32,34-35,37-39H,11-23,25H2,1-2H3,(H,54,55)(H,56,59)(H,57,64)(H,58,65)/t32?,34-,35-,37-,38-,39+,47?,48+,49?/m0/s1. The number of rotatable bonds is 11. The van der Waals surface area contributed by atoms with E-state index in [4.69, 9.17) is 35.8 Å². The molecule has 8 aliphatic rings. The smallest absolute Gasteiger partial charge is 0.407 e. The highest BCUT2D eigenvalue weighted by atomic mass is 35.5. The van der Waals surface area contributed by atoms with Gasteiger partial charge < -0.3 is 44.6 Å². The molecule has 0 bridgehead atoms. The normalized spacial score (nSPS) is 31.5. The Morgan fingerprint density at radius 3 is 2.00 bits per heavy atom. The van der Waals surface area contributed by atoms with E-state index < -0.39 is 36.1 Å². The molecule has 15 nitrogen and oxygen atoms in total. The number of piperidine rings is 2. The van der Waals surface area contributed by atoms with Crippen molar-refractivity contribution in [3.63, 3.8) is 0 Å². The number of nitrogens with zero attached hydrogens (tertiary/aromatic N) is 4. The number of fused-ring (bicyclic) bond motifs is 1. The van der Waals surface area contributed by atoms with Gasteiger partial charge >= 0.3 is 12.2 Å². The van der Waals surface area contributed by atoms with Crippen LogP contribution in [0, 0.1) is 28.6 Å². The van der Waals surface area contributed by atoms with Crippen LogP contribution in [0.2, 0.25) is 5.15 Å². The summed E-state index contributed by atoms with van der Waals surface area (Å²) in [5, 5.41) is 5.99. The molecule has 18 heteroatoms. The Hall–Kier alpha value is -5.55. The van der Waals surface area contributed by atoms with Crippen molar-refractivity contribution in [3.8, 4) is 33.6 Å². The molecule has 2 aromatic carbocycles. The van der Waals surface area contributed by atoms with E-state index >= 15 is 0 Å². The number of aromatic nitrogens is 4. The van der Waals surface area contributed by atoms with Crippen molar-refractivity contribution < 1.29 is 42.2 Å². The second-order valence-electron chi connectivity index (χ2n) is 20.9. The SMILES string of the molecule is COC(=O)N[C@H](C(=O)N1[C@H](c2nc(-c3ccc(-c4ccc(-c5cnc([C@@H]6CC78CCC7(C8)N6C(=O)[C@@H](NC(=O)OC)C6CCC(F)(F)CC6)[nH]5)cc4)cc3)c(Cl)[nH]2)C[C@]23CC2[C@@H]13)C1CCOCC1. The molecule has 12 rings (SSSR count). The number of likely N-dealkylation sites (tertiary alicyclic amines) is 2. The Bertz CT molecular complexity index is 2680. The van der Waals surface area contributed by atoms with Crippen molar-refractivity contribution in [2.75, 3.05) is 27.4 Å². The lowest BCUT2D eigenvalue weighted by Crippen LogP contribution is -2.57. The number of H-pyrrole nitrogens is 2. The van der Waals surface area contributed by atoms with Gasteiger partial charge in [0.25, 0.3) is 0 Å². The number of carbonyl (C=O) groups excluding carboxylic acids is 4. The molecule has 1 spiro atoms. The second kappa shape index (κ2) is 15.7. The maximum Gasteiger partial charge on any atom is 0.407 e. The first-order valence-corrected chi connectivity index (χ1v) is 24.5. The molecule has 4 N–H and O–H groups in total. The van der Waals surface area contributed by atoms with E-state index in [0.717, 1.165) is 66.5 Å². The number of hydrogen-bond acceptors (Lipinski definition) is 9. The summed E-state index contributed by atoms with van der Waals surface area (Å²) in [6.45, 7) is 1.08. The fraction of sp³-hybridized carbons (Fsp3) is 0.560. The molecule has 68 heavy (non-hydrogen) atoms. The third-order valence-electron chi connectivity index (χ3n) is 17.6. The first-order chi connectivity index (χ1) is 32.8. The van der Waals surface area contributed by atoms with E-state index in [1.807, 2.05) is 58.3 Å². The zero-order valence-corrected chi connectivity index (χ0v) is 38.8. The van der Waals surface area contributed by atoms with Crippen LogP contribution in [0.15, 0.2) is 54.7 Å². The zero-order valence-electron chi connectivity index (χ0n) is 38.0. The predicted molar refractivity (Wildman–Crippen MR) is 243 cm³/mol. The minimum Gasteiger partial charge on any atom is -0.453 e. The molecule has 8 fully saturated rings. The number of ether oxygens (including phenoxy) is 3. The Kier molecular flexibility index (Phi) is 10.1. The molecule has 5 aliphatic carbocycles. The van der Waals surface area contributed by atoms with E-state index in [1.54, 1.807) is 6.20 Å². The highest BCUT2D eigenvalue weighted by Crippen LogP contribution is 2.84. The van der Waals surface area contributed by atoms with Crippen molar-refractivity contribution in [1.82, 2.24) is 40.4 Å². The number of imidazole rings is 2. The molecule has 3 unspecified atom stereocenters. The van der Waals surface area contributed by atoms with Gasteiger partial charge in [0.05, 0.1) is 43.7 Å². The topological polar surface area (TPSA) is 184 Å². The molecule has 4 amide bonds. The fourth-order valence-electron chi connectivity index (χ4n) is 13.5. The predicted octanol–water partition coefficient (Wildman–Crippen LogP) is 8.35. The van der Waals surface area contributed by atoms with Gasteiger partial charge in [0.1, 0.15) is 34.6 Å². The van der Waals surface area contributed by atoms with Gasteiger partial charge in [0.15, 0.2) is 0 Å². The minimum atomic E-state index is -2.77. The summed E-state index contributed by atoms with van der Waals surface area (Å²) < 4.78 is 43.8.